The number of benzene rings is 1. The number of rotatable bonds is 2. The molecule has 3 rings (SSSR count). The molecule has 0 amide bonds. The van der Waals surface area contributed by atoms with E-state index in [2.05, 4.69) is 112 Å². The van der Waals surface area contributed by atoms with Gasteiger partial charge in [0.25, 0.3) is 0 Å². The van der Waals surface area contributed by atoms with Crippen molar-refractivity contribution in [3.8, 4) is 0 Å². The minimum atomic E-state index is -0.0317. The molecule has 1 heterocycles. The minimum absolute atomic E-state index is 0.0317. The standard InChI is InChI=1S/C23H26N2/c1-23(2)20-11-7-8-12-21(20)25(5)22(23)13-9-6-10-18-14-16-19(17-15-18)24(3)4/h6-17H,5H2,1-4H3/q+2/b9-6+,22-13+. The lowest BCUT2D eigenvalue weighted by Gasteiger charge is -2.14. The molecule has 2 aliphatic rings. The van der Waals surface area contributed by atoms with Gasteiger partial charge < -0.3 is 0 Å². The minimum Gasteiger partial charge on any atom is -0.235 e. The molecular weight excluding hydrogens is 304 g/mol. The lowest BCUT2D eigenvalue weighted by Crippen LogP contribution is -2.17. The van der Waals surface area contributed by atoms with E-state index in [1.807, 2.05) is 4.58 Å². The zero-order chi connectivity index (χ0) is 18.0. The van der Waals surface area contributed by atoms with E-state index < -0.39 is 0 Å². The van der Waals surface area contributed by atoms with Gasteiger partial charge in [0.05, 0.1) is 5.41 Å². The first-order valence-corrected chi connectivity index (χ1v) is 8.61. The summed E-state index contributed by atoms with van der Waals surface area (Å²) < 4.78 is 4.15. The number of allylic oxidation sites excluding steroid dienone is 10. The molecule has 0 aromatic heterocycles. The third-order valence-corrected chi connectivity index (χ3v) is 4.86. The van der Waals surface area contributed by atoms with Crippen LogP contribution in [-0.4, -0.2) is 35.7 Å². The molecule has 0 saturated heterocycles. The Hall–Kier alpha value is -2.74. The average molecular weight is 330 g/mol. The van der Waals surface area contributed by atoms with Crippen molar-refractivity contribution in [3.63, 3.8) is 0 Å². The second-order valence-electron chi connectivity index (χ2n) is 7.16. The third kappa shape index (κ3) is 3.25. The summed E-state index contributed by atoms with van der Waals surface area (Å²) in [7, 11) is 4.10. The molecule has 0 N–H and O–H groups in total. The molecule has 0 saturated carbocycles. The van der Waals surface area contributed by atoms with Gasteiger partial charge in [-0.15, -0.1) is 0 Å². The first-order valence-electron chi connectivity index (χ1n) is 8.61. The topological polar surface area (TPSA) is 6.02 Å². The Bertz CT molecular complexity index is 878. The Balaban J connectivity index is 1.80. The maximum Gasteiger partial charge on any atom is 0.214 e. The fourth-order valence-corrected chi connectivity index (χ4v) is 3.34. The number of hydrogen-bond donors (Lipinski definition) is 0. The lowest BCUT2D eigenvalue weighted by molar-refractivity contribution is -0.462. The smallest absolute Gasteiger partial charge is 0.214 e. The molecule has 0 unspecified atom stereocenters. The van der Waals surface area contributed by atoms with Crippen LogP contribution in [-0.2, 0) is 5.41 Å². The quantitative estimate of drug-likeness (QED) is 0.703. The molecule has 126 valence electrons. The Morgan fingerprint density at radius 1 is 0.960 bits per heavy atom. The fraction of sp³-hybridized carbons (Fsp3) is 0.217. The van der Waals surface area contributed by atoms with Gasteiger partial charge in [-0.05, 0) is 31.6 Å². The van der Waals surface area contributed by atoms with Crippen molar-refractivity contribution in [1.82, 2.24) is 0 Å². The number of para-hydroxylation sites is 1. The van der Waals surface area contributed by atoms with E-state index in [1.165, 1.54) is 28.2 Å². The van der Waals surface area contributed by atoms with Crippen molar-refractivity contribution in [2.75, 3.05) is 14.1 Å². The highest BCUT2D eigenvalue weighted by atomic mass is 15.1. The highest BCUT2D eigenvalue weighted by Gasteiger charge is 2.44. The van der Waals surface area contributed by atoms with Crippen LogP contribution in [0.3, 0.4) is 0 Å². The zero-order valence-corrected chi connectivity index (χ0v) is 15.5. The largest absolute Gasteiger partial charge is 0.235 e. The van der Waals surface area contributed by atoms with Gasteiger partial charge in [-0.25, -0.2) is 4.58 Å². The van der Waals surface area contributed by atoms with Crippen LogP contribution < -0.4 is 0 Å². The SMILES string of the molecule is C=[N+]1/C(=C/C=C/C=C2C=CC(=[N+](C)C)C=C2)C(C)(C)c2ccccc21. The van der Waals surface area contributed by atoms with E-state index in [-0.39, 0.29) is 5.41 Å². The summed E-state index contributed by atoms with van der Waals surface area (Å²) in [6.45, 7) is 8.74. The van der Waals surface area contributed by atoms with Crippen LogP contribution in [0.2, 0.25) is 0 Å². The highest BCUT2D eigenvalue weighted by Crippen LogP contribution is 2.45. The fourth-order valence-electron chi connectivity index (χ4n) is 3.34. The van der Waals surface area contributed by atoms with Crippen LogP contribution in [0.25, 0.3) is 0 Å². The zero-order valence-electron chi connectivity index (χ0n) is 15.5. The molecule has 1 aromatic rings. The summed E-state index contributed by atoms with van der Waals surface area (Å²) in [5.74, 6) is 0. The maximum atomic E-state index is 4.24. The van der Waals surface area contributed by atoms with Crippen LogP contribution >= 0.6 is 0 Å². The van der Waals surface area contributed by atoms with Crippen LogP contribution in [0.15, 0.2) is 84.1 Å². The van der Waals surface area contributed by atoms with Crippen molar-refractivity contribution in [2.45, 2.75) is 19.3 Å². The van der Waals surface area contributed by atoms with Gasteiger partial charge in [-0.2, -0.15) is 4.58 Å². The molecular formula is C23H26N2+2. The van der Waals surface area contributed by atoms with Crippen LogP contribution in [0.5, 0.6) is 0 Å². The first kappa shape index (κ1) is 17.1. The molecule has 0 atom stereocenters. The van der Waals surface area contributed by atoms with E-state index >= 15 is 0 Å². The van der Waals surface area contributed by atoms with Crippen molar-refractivity contribution in [2.24, 2.45) is 0 Å². The molecule has 1 aliphatic carbocycles. The maximum absolute atomic E-state index is 4.24. The predicted molar refractivity (Wildman–Crippen MR) is 107 cm³/mol. The van der Waals surface area contributed by atoms with Gasteiger partial charge in [0.2, 0.25) is 5.69 Å². The van der Waals surface area contributed by atoms with Crippen molar-refractivity contribution in [1.29, 1.82) is 0 Å². The van der Waals surface area contributed by atoms with E-state index in [9.17, 15) is 0 Å². The normalized spacial score (nSPS) is 19.8. The van der Waals surface area contributed by atoms with Crippen molar-refractivity contribution in [3.05, 3.63) is 89.7 Å². The molecule has 2 nitrogen and oxygen atoms in total. The highest BCUT2D eigenvalue weighted by molar-refractivity contribution is 6.02. The Morgan fingerprint density at radius 3 is 2.24 bits per heavy atom. The third-order valence-electron chi connectivity index (χ3n) is 4.86. The second-order valence-corrected chi connectivity index (χ2v) is 7.16. The second kappa shape index (κ2) is 6.64. The molecule has 1 aliphatic heterocycles. The Labute approximate surface area is 150 Å². The Morgan fingerprint density at radius 2 is 1.60 bits per heavy atom. The van der Waals surface area contributed by atoms with Gasteiger partial charge in [-0.1, -0.05) is 36.4 Å². The number of nitrogens with zero attached hydrogens (tertiary/aromatic N) is 2. The molecule has 2 heteroatoms. The number of fused-ring (bicyclic) bond motifs is 1. The average Bonchev–Trinajstić information content (AvgIpc) is 2.79. The molecule has 1 aromatic carbocycles. The summed E-state index contributed by atoms with van der Waals surface area (Å²) in [4.78, 5) is 0. The van der Waals surface area contributed by atoms with E-state index in [0.29, 0.717) is 0 Å². The predicted octanol–water partition coefficient (Wildman–Crippen LogP) is 4.53. The van der Waals surface area contributed by atoms with Gasteiger partial charge in [-0.3, -0.25) is 0 Å². The first-order chi connectivity index (χ1) is 11.9. The Kier molecular flexibility index (Phi) is 4.54. The van der Waals surface area contributed by atoms with Crippen molar-refractivity contribution < 1.29 is 9.15 Å². The van der Waals surface area contributed by atoms with Crippen LogP contribution in [0.4, 0.5) is 5.69 Å². The van der Waals surface area contributed by atoms with Gasteiger partial charge in [0.1, 0.15) is 20.8 Å². The van der Waals surface area contributed by atoms with Gasteiger partial charge in [0, 0.05) is 29.9 Å². The molecule has 0 fully saturated rings. The summed E-state index contributed by atoms with van der Waals surface area (Å²) in [5.41, 5.74) is 6.10. The van der Waals surface area contributed by atoms with E-state index in [1.54, 1.807) is 0 Å². The molecule has 25 heavy (non-hydrogen) atoms. The summed E-state index contributed by atoms with van der Waals surface area (Å²) in [6.07, 6.45) is 17.0. The molecule has 0 spiro atoms. The monoisotopic (exact) mass is 330 g/mol. The summed E-state index contributed by atoms with van der Waals surface area (Å²) in [6, 6.07) is 8.49. The van der Waals surface area contributed by atoms with Crippen LogP contribution in [0.1, 0.15) is 19.4 Å². The van der Waals surface area contributed by atoms with E-state index in [4.69, 9.17) is 0 Å². The van der Waals surface area contributed by atoms with Crippen LogP contribution in [0, 0.1) is 0 Å². The van der Waals surface area contributed by atoms with Crippen molar-refractivity contribution >= 4 is 18.1 Å². The number of hydrogen-bond acceptors (Lipinski definition) is 0. The molecule has 0 bridgehead atoms. The van der Waals surface area contributed by atoms with E-state index in [0.717, 1.165) is 0 Å². The van der Waals surface area contributed by atoms with Gasteiger partial charge >= 0.3 is 0 Å². The summed E-state index contributed by atoms with van der Waals surface area (Å²) >= 11 is 0. The molecule has 0 radical (unpaired) electrons. The lowest BCUT2D eigenvalue weighted by atomic mass is 9.84. The summed E-state index contributed by atoms with van der Waals surface area (Å²) in [5, 5.41) is 0. The van der Waals surface area contributed by atoms with Gasteiger partial charge in [0.15, 0.2) is 11.4 Å².